The molecular weight excluding hydrogens is 334 g/mol. The molecule has 1 aromatic heterocycles. The van der Waals surface area contributed by atoms with Crippen molar-refractivity contribution < 1.29 is 19.2 Å². The fourth-order valence-corrected chi connectivity index (χ4v) is 2.49. The smallest absolute Gasteiger partial charge is 0.336 e. The second-order valence-corrected chi connectivity index (χ2v) is 7.45. The van der Waals surface area contributed by atoms with E-state index in [0.717, 1.165) is 5.56 Å². The zero-order chi connectivity index (χ0) is 19.5. The molecule has 0 aliphatic heterocycles. The van der Waals surface area contributed by atoms with E-state index in [4.69, 9.17) is 4.52 Å². The second kappa shape index (κ2) is 7.68. The Hall–Kier alpha value is -2.70. The Morgan fingerprint density at radius 3 is 2.46 bits per heavy atom. The molecule has 0 spiro atoms. The average molecular weight is 359 g/mol. The Morgan fingerprint density at radius 2 is 1.88 bits per heavy atom. The third kappa shape index (κ3) is 4.91. The summed E-state index contributed by atoms with van der Waals surface area (Å²) in [6, 6.07) is 3.25. The van der Waals surface area contributed by atoms with Gasteiger partial charge in [-0.25, -0.2) is 4.79 Å². The normalized spacial score (nSPS) is 11.4. The van der Waals surface area contributed by atoms with Gasteiger partial charge in [-0.3, -0.25) is 4.79 Å². The number of hydrogen-bond donors (Lipinski definition) is 2. The van der Waals surface area contributed by atoms with Crippen LogP contribution in [0.2, 0.25) is 0 Å². The van der Waals surface area contributed by atoms with Crippen LogP contribution in [0.15, 0.2) is 16.7 Å². The summed E-state index contributed by atoms with van der Waals surface area (Å²) in [5, 5.41) is 15.9. The lowest BCUT2D eigenvalue weighted by Gasteiger charge is -2.11. The summed E-state index contributed by atoms with van der Waals surface area (Å²) in [6.07, 6.45) is 1.36. The summed E-state index contributed by atoms with van der Waals surface area (Å²) in [5.41, 5.74) is 2.02. The minimum Gasteiger partial charge on any atom is -0.478 e. The Morgan fingerprint density at radius 1 is 1.19 bits per heavy atom. The predicted octanol–water partition coefficient (Wildman–Crippen LogP) is 3.64. The molecule has 26 heavy (non-hydrogen) atoms. The maximum atomic E-state index is 12.2. The van der Waals surface area contributed by atoms with E-state index in [-0.39, 0.29) is 23.3 Å². The summed E-state index contributed by atoms with van der Waals surface area (Å²) in [5.74, 6) is -0.0243. The summed E-state index contributed by atoms with van der Waals surface area (Å²) >= 11 is 0. The highest BCUT2D eigenvalue weighted by Crippen LogP contribution is 2.22. The molecule has 0 aliphatic rings. The van der Waals surface area contributed by atoms with Gasteiger partial charge in [0.2, 0.25) is 11.8 Å². The zero-order valence-electron chi connectivity index (χ0n) is 15.8. The molecule has 2 aromatic rings. The lowest BCUT2D eigenvalue weighted by Crippen LogP contribution is -2.14. The number of anilines is 1. The van der Waals surface area contributed by atoms with Gasteiger partial charge in [0, 0.05) is 23.9 Å². The van der Waals surface area contributed by atoms with Gasteiger partial charge in [0.15, 0.2) is 5.82 Å². The minimum absolute atomic E-state index is 0.177. The molecule has 1 heterocycles. The van der Waals surface area contributed by atoms with Crippen LogP contribution in [-0.2, 0) is 16.6 Å². The fraction of sp³-hybridized carbons (Fsp3) is 0.474. The van der Waals surface area contributed by atoms with Crippen molar-refractivity contribution in [3.63, 3.8) is 0 Å². The van der Waals surface area contributed by atoms with Gasteiger partial charge in [-0.05, 0) is 37.5 Å². The number of amides is 1. The van der Waals surface area contributed by atoms with Crippen LogP contribution in [0.3, 0.4) is 0 Å². The number of nitrogens with one attached hydrogen (secondary N) is 1. The molecule has 1 aromatic carbocycles. The van der Waals surface area contributed by atoms with Crippen molar-refractivity contribution in [2.45, 2.75) is 59.3 Å². The van der Waals surface area contributed by atoms with Gasteiger partial charge < -0.3 is 14.9 Å². The van der Waals surface area contributed by atoms with Gasteiger partial charge in [-0.1, -0.05) is 32.0 Å². The van der Waals surface area contributed by atoms with Crippen LogP contribution in [0.4, 0.5) is 5.69 Å². The van der Waals surface area contributed by atoms with Gasteiger partial charge in [-0.15, -0.1) is 0 Å². The van der Waals surface area contributed by atoms with Gasteiger partial charge >= 0.3 is 5.97 Å². The summed E-state index contributed by atoms with van der Waals surface area (Å²) in [7, 11) is 0. The molecule has 0 fully saturated rings. The number of nitrogens with zero attached hydrogens (tertiary/aromatic N) is 2. The molecule has 0 unspecified atom stereocenters. The molecule has 1 amide bonds. The van der Waals surface area contributed by atoms with E-state index in [9.17, 15) is 14.7 Å². The van der Waals surface area contributed by atoms with Gasteiger partial charge in [0.25, 0.3) is 0 Å². The van der Waals surface area contributed by atoms with E-state index in [2.05, 4.69) is 15.5 Å². The molecule has 0 atom stereocenters. The van der Waals surface area contributed by atoms with Crippen LogP contribution < -0.4 is 5.32 Å². The molecule has 7 nitrogen and oxygen atoms in total. The van der Waals surface area contributed by atoms with Crippen molar-refractivity contribution in [1.29, 1.82) is 0 Å². The number of carboxylic acids is 1. The van der Waals surface area contributed by atoms with E-state index in [0.29, 0.717) is 35.8 Å². The first-order chi connectivity index (χ1) is 12.1. The van der Waals surface area contributed by atoms with Crippen LogP contribution in [0.1, 0.15) is 66.8 Å². The molecule has 140 valence electrons. The standard InChI is InChI=1S/C19H25N3O4/c1-11-9-12(2)14(10-13(11)17(24)25)20-15(23)7-6-8-16-21-18(22-26-16)19(3,4)5/h9-10H,6-8H2,1-5H3,(H,20,23)(H,24,25). The van der Waals surface area contributed by atoms with Crippen molar-refractivity contribution >= 4 is 17.6 Å². The highest BCUT2D eigenvalue weighted by atomic mass is 16.5. The van der Waals surface area contributed by atoms with Crippen LogP contribution in [0.25, 0.3) is 0 Å². The van der Waals surface area contributed by atoms with E-state index in [1.807, 2.05) is 27.7 Å². The summed E-state index contributed by atoms with van der Waals surface area (Å²) < 4.78 is 5.21. The first-order valence-corrected chi connectivity index (χ1v) is 8.55. The molecule has 7 heteroatoms. The third-order valence-electron chi connectivity index (χ3n) is 4.01. The number of aryl methyl sites for hydroxylation is 3. The first kappa shape index (κ1) is 19.6. The Bertz CT molecular complexity index is 819. The number of hydrogen-bond acceptors (Lipinski definition) is 5. The molecule has 0 aliphatic carbocycles. The molecule has 0 radical (unpaired) electrons. The largest absolute Gasteiger partial charge is 0.478 e. The predicted molar refractivity (Wildman–Crippen MR) is 97.4 cm³/mol. The molecule has 0 bridgehead atoms. The highest BCUT2D eigenvalue weighted by Gasteiger charge is 2.21. The molecule has 0 saturated carbocycles. The topological polar surface area (TPSA) is 105 Å². The third-order valence-corrected chi connectivity index (χ3v) is 4.01. The second-order valence-electron chi connectivity index (χ2n) is 7.45. The number of carbonyl (C=O) groups excluding carboxylic acids is 1. The van der Waals surface area contributed by atoms with Crippen molar-refractivity contribution in [3.8, 4) is 0 Å². The lowest BCUT2D eigenvalue weighted by molar-refractivity contribution is -0.116. The van der Waals surface area contributed by atoms with Gasteiger partial charge in [0.05, 0.1) is 5.56 Å². The van der Waals surface area contributed by atoms with Crippen molar-refractivity contribution in [1.82, 2.24) is 10.1 Å². The highest BCUT2D eigenvalue weighted by molar-refractivity contribution is 5.95. The maximum Gasteiger partial charge on any atom is 0.336 e. The monoisotopic (exact) mass is 359 g/mol. The van der Waals surface area contributed by atoms with Crippen LogP contribution in [0, 0.1) is 13.8 Å². The number of carboxylic acid groups (broad SMARTS) is 1. The number of aromatic carboxylic acids is 1. The number of benzene rings is 1. The molecule has 2 N–H and O–H groups in total. The number of carbonyl (C=O) groups is 2. The molecule has 0 saturated heterocycles. The SMILES string of the molecule is Cc1cc(C)c(C(=O)O)cc1NC(=O)CCCc1nc(C(C)(C)C)no1. The number of aromatic nitrogens is 2. The molecular formula is C19H25N3O4. The van der Waals surface area contributed by atoms with Crippen molar-refractivity contribution in [3.05, 3.63) is 40.5 Å². The quantitative estimate of drug-likeness (QED) is 0.816. The lowest BCUT2D eigenvalue weighted by atomic mass is 9.96. The van der Waals surface area contributed by atoms with Crippen LogP contribution in [0.5, 0.6) is 0 Å². The van der Waals surface area contributed by atoms with Gasteiger partial charge in [0.1, 0.15) is 0 Å². The van der Waals surface area contributed by atoms with E-state index < -0.39 is 5.97 Å². The Labute approximate surface area is 152 Å². The first-order valence-electron chi connectivity index (χ1n) is 8.55. The van der Waals surface area contributed by atoms with E-state index >= 15 is 0 Å². The molecule has 2 rings (SSSR count). The minimum atomic E-state index is -1.01. The zero-order valence-corrected chi connectivity index (χ0v) is 15.8. The van der Waals surface area contributed by atoms with Crippen LogP contribution >= 0.6 is 0 Å². The summed E-state index contributed by atoms with van der Waals surface area (Å²) in [4.78, 5) is 27.7. The van der Waals surface area contributed by atoms with Crippen LogP contribution in [-0.4, -0.2) is 27.1 Å². The van der Waals surface area contributed by atoms with Crippen molar-refractivity contribution in [2.75, 3.05) is 5.32 Å². The van der Waals surface area contributed by atoms with E-state index in [1.54, 1.807) is 13.0 Å². The Kier molecular flexibility index (Phi) is 5.79. The summed E-state index contributed by atoms with van der Waals surface area (Å²) in [6.45, 7) is 9.58. The van der Waals surface area contributed by atoms with Gasteiger partial charge in [-0.2, -0.15) is 4.98 Å². The Balaban J connectivity index is 1.92. The van der Waals surface area contributed by atoms with E-state index in [1.165, 1.54) is 6.07 Å². The average Bonchev–Trinajstić information content (AvgIpc) is 2.98. The maximum absolute atomic E-state index is 12.2. The fourth-order valence-electron chi connectivity index (χ4n) is 2.49. The van der Waals surface area contributed by atoms with Crippen molar-refractivity contribution in [2.24, 2.45) is 0 Å². The number of rotatable bonds is 6.